The summed E-state index contributed by atoms with van der Waals surface area (Å²) in [5, 5.41) is 0. The molecule has 2 nitrogen and oxygen atoms in total. The summed E-state index contributed by atoms with van der Waals surface area (Å²) >= 11 is 1.23. The summed E-state index contributed by atoms with van der Waals surface area (Å²) < 4.78 is 1.98. The molecule has 0 radical (unpaired) electrons. The summed E-state index contributed by atoms with van der Waals surface area (Å²) in [4.78, 5) is 9.85. The van der Waals surface area contributed by atoms with Crippen LogP contribution in [0.3, 0.4) is 0 Å². The first-order chi connectivity index (χ1) is 3.85. The van der Waals surface area contributed by atoms with E-state index in [0.29, 0.717) is 0 Å². The van der Waals surface area contributed by atoms with Crippen molar-refractivity contribution < 1.29 is 4.79 Å². The molecule has 3 heteroatoms. The minimum atomic E-state index is 0.854. The molecule has 0 aliphatic heterocycles. The van der Waals surface area contributed by atoms with Gasteiger partial charge in [0.05, 0.1) is 0 Å². The molecule has 0 atom stereocenters. The predicted molar refractivity (Wildman–Crippen MR) is 37.3 cm³/mol. The molecule has 0 N–H and O–H groups in total. The van der Waals surface area contributed by atoms with Crippen molar-refractivity contribution in [2.75, 3.05) is 13.1 Å². The second-order valence-electron chi connectivity index (χ2n) is 1.32. The first-order valence-electron chi connectivity index (χ1n) is 2.70. The van der Waals surface area contributed by atoms with E-state index >= 15 is 0 Å². The van der Waals surface area contributed by atoms with Crippen molar-refractivity contribution >= 4 is 17.6 Å². The van der Waals surface area contributed by atoms with Gasteiger partial charge in [0, 0.05) is 13.1 Å². The Balaban J connectivity index is 3.20. The molecule has 0 unspecified atom stereocenters. The second kappa shape index (κ2) is 5.12. The van der Waals surface area contributed by atoms with Crippen LogP contribution in [-0.2, 0) is 4.79 Å². The van der Waals surface area contributed by atoms with Gasteiger partial charge in [-0.1, -0.05) is 13.8 Å². The topological polar surface area (TPSA) is 20.3 Å². The van der Waals surface area contributed by atoms with E-state index in [1.807, 2.05) is 18.2 Å². The van der Waals surface area contributed by atoms with Crippen LogP contribution in [-0.4, -0.2) is 23.0 Å². The summed E-state index contributed by atoms with van der Waals surface area (Å²) in [6, 6.07) is 0. The molecule has 0 rings (SSSR count). The smallest absolute Gasteiger partial charge is 0.191 e. The zero-order valence-corrected chi connectivity index (χ0v) is 6.07. The van der Waals surface area contributed by atoms with E-state index in [1.165, 1.54) is 11.9 Å². The highest BCUT2D eigenvalue weighted by molar-refractivity contribution is 8.09. The van der Waals surface area contributed by atoms with Crippen molar-refractivity contribution in [1.82, 2.24) is 4.31 Å². The fourth-order valence-electron chi connectivity index (χ4n) is 0.434. The lowest BCUT2D eigenvalue weighted by Crippen LogP contribution is -2.13. The maximum Gasteiger partial charge on any atom is 0.191 e. The average Bonchev–Trinajstić information content (AvgIpc) is 1.83. The van der Waals surface area contributed by atoms with Gasteiger partial charge in [0.25, 0.3) is 0 Å². The van der Waals surface area contributed by atoms with Crippen LogP contribution in [0.5, 0.6) is 0 Å². The standard InChI is InChI=1S/C5H11NOS/c1-3-6(4-2)8-5-7/h5H,3-4H2,1-2H3. The number of hydrogen-bond acceptors (Lipinski definition) is 3. The zero-order chi connectivity index (χ0) is 6.41. The van der Waals surface area contributed by atoms with Gasteiger partial charge in [0.2, 0.25) is 0 Å². The summed E-state index contributed by atoms with van der Waals surface area (Å²) in [5.41, 5.74) is 0.854. The third-order valence-electron chi connectivity index (χ3n) is 0.898. The maximum atomic E-state index is 9.85. The molecule has 8 heavy (non-hydrogen) atoms. The van der Waals surface area contributed by atoms with E-state index in [2.05, 4.69) is 0 Å². The molecule has 0 aromatic rings. The molecule has 0 spiro atoms. The highest BCUT2D eigenvalue weighted by atomic mass is 32.2. The molecular formula is C5H11NOS. The molecule has 0 aliphatic carbocycles. The lowest BCUT2D eigenvalue weighted by molar-refractivity contribution is 0.523. The Hall–Kier alpha value is -0.0200. The zero-order valence-electron chi connectivity index (χ0n) is 5.26. The Morgan fingerprint density at radius 3 is 2.12 bits per heavy atom. The molecule has 0 amide bonds. The molecule has 0 aliphatic rings. The van der Waals surface area contributed by atoms with Crippen LogP contribution < -0.4 is 0 Å². The molecule has 0 fully saturated rings. The van der Waals surface area contributed by atoms with E-state index in [4.69, 9.17) is 0 Å². The Labute approximate surface area is 54.4 Å². The molecule has 0 saturated heterocycles. The highest BCUT2D eigenvalue weighted by Crippen LogP contribution is 2.02. The third-order valence-corrected chi connectivity index (χ3v) is 1.80. The van der Waals surface area contributed by atoms with Crippen molar-refractivity contribution in [3.63, 3.8) is 0 Å². The maximum absolute atomic E-state index is 9.85. The molecule has 0 bridgehead atoms. The third kappa shape index (κ3) is 3.04. The summed E-state index contributed by atoms with van der Waals surface area (Å²) in [5.74, 6) is 0. The molecular weight excluding hydrogens is 122 g/mol. The van der Waals surface area contributed by atoms with Gasteiger partial charge in [-0.3, -0.25) is 4.79 Å². The van der Waals surface area contributed by atoms with Gasteiger partial charge >= 0.3 is 0 Å². The molecule has 48 valence electrons. The summed E-state index contributed by atoms with van der Waals surface area (Å²) in [6.07, 6.45) is 0. The van der Waals surface area contributed by atoms with Crippen molar-refractivity contribution in [3.05, 3.63) is 0 Å². The van der Waals surface area contributed by atoms with Gasteiger partial charge in [-0.2, -0.15) is 0 Å². The number of nitrogens with zero attached hydrogens (tertiary/aromatic N) is 1. The van der Waals surface area contributed by atoms with Crippen LogP contribution in [0.15, 0.2) is 0 Å². The van der Waals surface area contributed by atoms with Crippen molar-refractivity contribution in [3.8, 4) is 0 Å². The number of rotatable bonds is 4. The van der Waals surface area contributed by atoms with Gasteiger partial charge in [-0.15, -0.1) is 0 Å². The molecule has 0 aromatic heterocycles. The quantitative estimate of drug-likeness (QED) is 0.424. The van der Waals surface area contributed by atoms with E-state index in [1.54, 1.807) is 0 Å². The lowest BCUT2D eigenvalue weighted by Gasteiger charge is -2.10. The normalized spacial score (nSPS) is 9.88. The van der Waals surface area contributed by atoms with E-state index < -0.39 is 0 Å². The monoisotopic (exact) mass is 133 g/mol. The highest BCUT2D eigenvalue weighted by Gasteiger charge is 1.94. The first-order valence-corrected chi connectivity index (χ1v) is 3.54. The lowest BCUT2D eigenvalue weighted by atomic mass is 10.7. The fraction of sp³-hybridized carbons (Fsp3) is 0.800. The van der Waals surface area contributed by atoms with Crippen molar-refractivity contribution in [2.24, 2.45) is 0 Å². The van der Waals surface area contributed by atoms with E-state index in [9.17, 15) is 4.79 Å². The van der Waals surface area contributed by atoms with Gasteiger partial charge < -0.3 is 0 Å². The Morgan fingerprint density at radius 1 is 1.50 bits per heavy atom. The average molecular weight is 133 g/mol. The van der Waals surface area contributed by atoms with Crippen LogP contribution in [0.4, 0.5) is 0 Å². The predicted octanol–water partition coefficient (Wildman–Crippen LogP) is 1.17. The number of carbonyl (C=O) groups is 1. The molecule has 0 heterocycles. The first kappa shape index (κ1) is 7.98. The van der Waals surface area contributed by atoms with Crippen LogP contribution in [0, 0.1) is 0 Å². The van der Waals surface area contributed by atoms with Crippen molar-refractivity contribution in [1.29, 1.82) is 0 Å². The van der Waals surface area contributed by atoms with Gasteiger partial charge in [-0.25, -0.2) is 4.31 Å². The van der Waals surface area contributed by atoms with Crippen LogP contribution in [0.2, 0.25) is 0 Å². The molecule has 0 saturated carbocycles. The Morgan fingerprint density at radius 2 is 2.00 bits per heavy atom. The SMILES string of the molecule is CCN(CC)SC=O. The molecule has 0 aromatic carbocycles. The van der Waals surface area contributed by atoms with E-state index in [-0.39, 0.29) is 0 Å². The minimum Gasteiger partial charge on any atom is -0.290 e. The van der Waals surface area contributed by atoms with Crippen LogP contribution >= 0.6 is 11.9 Å². The minimum absolute atomic E-state index is 0.854. The van der Waals surface area contributed by atoms with E-state index in [0.717, 1.165) is 18.7 Å². The van der Waals surface area contributed by atoms with Gasteiger partial charge in [0.1, 0.15) is 0 Å². The van der Waals surface area contributed by atoms with Gasteiger partial charge in [-0.05, 0) is 11.9 Å². The van der Waals surface area contributed by atoms with Crippen molar-refractivity contribution in [2.45, 2.75) is 13.8 Å². The Bertz CT molecular complexity index is 63.4. The second-order valence-corrected chi connectivity index (χ2v) is 2.24. The largest absolute Gasteiger partial charge is 0.290 e. The number of carbonyl (C=O) groups excluding carboxylic acids is 1. The summed E-state index contributed by atoms with van der Waals surface area (Å²) in [7, 11) is 0. The fourth-order valence-corrected chi connectivity index (χ4v) is 0.853. The Kier molecular flexibility index (Phi) is 5.11. The van der Waals surface area contributed by atoms with Crippen LogP contribution in [0.1, 0.15) is 13.8 Å². The van der Waals surface area contributed by atoms with Crippen LogP contribution in [0.25, 0.3) is 0 Å². The number of hydrogen-bond donors (Lipinski definition) is 0. The van der Waals surface area contributed by atoms with Gasteiger partial charge in [0.15, 0.2) is 5.62 Å². The summed E-state index contributed by atoms with van der Waals surface area (Å²) in [6.45, 7) is 5.92.